The molecule has 6 nitrogen and oxygen atoms in total. The number of nitrogens with one attached hydrogen (secondary N) is 1. The van der Waals surface area contributed by atoms with Crippen LogP contribution in [0.2, 0.25) is 5.02 Å². The average molecular weight is 348 g/mol. The smallest absolute Gasteiger partial charge is 0.323 e. The van der Waals surface area contributed by atoms with Gasteiger partial charge in [0.1, 0.15) is 5.82 Å². The Balaban J connectivity index is 1.61. The molecule has 7 heteroatoms. The van der Waals surface area contributed by atoms with E-state index in [2.05, 4.69) is 22.2 Å². The monoisotopic (exact) mass is 347 g/mol. The summed E-state index contributed by atoms with van der Waals surface area (Å²) in [5.41, 5.74) is 3.22. The van der Waals surface area contributed by atoms with Gasteiger partial charge in [0.25, 0.3) is 0 Å². The van der Waals surface area contributed by atoms with Gasteiger partial charge in [0.2, 0.25) is 0 Å². The molecule has 3 rings (SSSR count). The van der Waals surface area contributed by atoms with Crippen LogP contribution in [-0.4, -0.2) is 46.9 Å². The number of carbonyl (C=O) groups excluding carboxylic acids is 1. The summed E-state index contributed by atoms with van der Waals surface area (Å²) in [6.07, 6.45) is 0. The summed E-state index contributed by atoms with van der Waals surface area (Å²) in [6.45, 7) is 6.92. The van der Waals surface area contributed by atoms with Crippen LogP contribution in [0.4, 0.5) is 16.3 Å². The summed E-state index contributed by atoms with van der Waals surface area (Å²) in [5.74, 6) is 0.714. The van der Waals surface area contributed by atoms with E-state index < -0.39 is 0 Å². The number of rotatable bonds is 2. The molecule has 2 heterocycles. The van der Waals surface area contributed by atoms with Gasteiger partial charge in [-0.25, -0.2) is 4.79 Å². The Kier molecular flexibility index (Phi) is 4.66. The molecule has 1 aliphatic rings. The van der Waals surface area contributed by atoms with Crippen LogP contribution in [0, 0.1) is 13.8 Å². The van der Waals surface area contributed by atoms with Crippen molar-refractivity contribution < 1.29 is 4.79 Å². The SMILES string of the molecule is Cc1cc(NC(=O)N2CCN(c3cc(Cl)ccc3C)CC2)n(C)n1. The number of benzene rings is 1. The molecule has 0 atom stereocenters. The normalized spacial score (nSPS) is 14.8. The lowest BCUT2D eigenvalue weighted by molar-refractivity contribution is 0.208. The second kappa shape index (κ2) is 6.73. The van der Waals surface area contributed by atoms with Crippen LogP contribution < -0.4 is 10.2 Å². The van der Waals surface area contributed by atoms with Crippen molar-refractivity contribution >= 4 is 29.1 Å². The van der Waals surface area contributed by atoms with Crippen molar-refractivity contribution in [2.45, 2.75) is 13.8 Å². The number of urea groups is 1. The Morgan fingerprint density at radius 1 is 1.17 bits per heavy atom. The van der Waals surface area contributed by atoms with Crippen molar-refractivity contribution in [1.82, 2.24) is 14.7 Å². The molecule has 1 saturated heterocycles. The molecule has 2 aromatic rings. The van der Waals surface area contributed by atoms with E-state index in [0.29, 0.717) is 18.9 Å². The zero-order valence-electron chi connectivity index (χ0n) is 14.2. The summed E-state index contributed by atoms with van der Waals surface area (Å²) in [6, 6.07) is 7.70. The number of carbonyl (C=O) groups is 1. The van der Waals surface area contributed by atoms with E-state index in [1.807, 2.05) is 43.1 Å². The third-order valence-electron chi connectivity index (χ3n) is 4.32. The van der Waals surface area contributed by atoms with Crippen LogP contribution in [-0.2, 0) is 7.05 Å². The standard InChI is InChI=1S/C17H22ClN5O/c1-12-4-5-14(18)11-15(12)22-6-8-23(9-7-22)17(24)19-16-10-13(2)20-21(16)3/h4-5,10-11H,6-9H2,1-3H3,(H,19,24). The first-order chi connectivity index (χ1) is 11.4. The summed E-state index contributed by atoms with van der Waals surface area (Å²) in [7, 11) is 1.82. The first-order valence-electron chi connectivity index (χ1n) is 8.02. The van der Waals surface area contributed by atoms with Crippen LogP contribution >= 0.6 is 11.6 Å². The highest BCUT2D eigenvalue weighted by atomic mass is 35.5. The van der Waals surface area contributed by atoms with Gasteiger partial charge in [-0.2, -0.15) is 5.10 Å². The van der Waals surface area contributed by atoms with Crippen molar-refractivity contribution in [2.75, 3.05) is 36.4 Å². The summed E-state index contributed by atoms with van der Waals surface area (Å²) >= 11 is 6.11. The molecule has 0 saturated carbocycles. The second-order valence-corrected chi connectivity index (χ2v) is 6.57. The highest BCUT2D eigenvalue weighted by Crippen LogP contribution is 2.25. The second-order valence-electron chi connectivity index (χ2n) is 6.13. The lowest BCUT2D eigenvalue weighted by atomic mass is 10.1. The molecule has 1 aromatic carbocycles. The molecule has 0 spiro atoms. The summed E-state index contributed by atoms with van der Waals surface area (Å²) < 4.78 is 1.68. The number of hydrogen-bond acceptors (Lipinski definition) is 3. The third kappa shape index (κ3) is 3.48. The number of anilines is 2. The van der Waals surface area contributed by atoms with Crippen molar-refractivity contribution in [3.8, 4) is 0 Å². The van der Waals surface area contributed by atoms with Crippen LogP contribution in [0.1, 0.15) is 11.3 Å². The van der Waals surface area contributed by atoms with Crippen LogP contribution in [0.5, 0.6) is 0 Å². The van der Waals surface area contributed by atoms with Gasteiger partial charge in [0.05, 0.1) is 5.69 Å². The Labute approximate surface area is 147 Å². The zero-order valence-corrected chi connectivity index (χ0v) is 15.0. The van der Waals surface area contributed by atoms with E-state index in [9.17, 15) is 4.79 Å². The zero-order chi connectivity index (χ0) is 17.3. The lowest BCUT2D eigenvalue weighted by Crippen LogP contribution is -2.50. The molecule has 1 aromatic heterocycles. The van der Waals surface area contributed by atoms with Gasteiger partial charge in [-0.05, 0) is 31.5 Å². The van der Waals surface area contributed by atoms with E-state index in [-0.39, 0.29) is 6.03 Å². The van der Waals surface area contributed by atoms with Gasteiger partial charge in [-0.1, -0.05) is 17.7 Å². The van der Waals surface area contributed by atoms with Crippen molar-refractivity contribution in [2.24, 2.45) is 7.05 Å². The molecule has 128 valence electrons. The molecular weight excluding hydrogens is 326 g/mol. The van der Waals surface area contributed by atoms with Crippen molar-refractivity contribution in [3.63, 3.8) is 0 Å². The van der Waals surface area contributed by atoms with Crippen molar-refractivity contribution in [1.29, 1.82) is 0 Å². The van der Waals surface area contributed by atoms with Gasteiger partial charge in [0, 0.05) is 50.0 Å². The van der Waals surface area contributed by atoms with E-state index in [1.54, 1.807) is 4.68 Å². The minimum absolute atomic E-state index is 0.0829. The van der Waals surface area contributed by atoms with Gasteiger partial charge in [-0.3, -0.25) is 10.00 Å². The summed E-state index contributed by atoms with van der Waals surface area (Å²) in [5, 5.41) is 7.90. The maximum Gasteiger partial charge on any atom is 0.323 e. The molecule has 1 aliphatic heterocycles. The molecule has 0 unspecified atom stereocenters. The third-order valence-corrected chi connectivity index (χ3v) is 4.55. The number of halogens is 1. The van der Waals surface area contributed by atoms with Gasteiger partial charge < -0.3 is 9.80 Å². The van der Waals surface area contributed by atoms with Gasteiger partial charge >= 0.3 is 6.03 Å². The molecule has 1 fully saturated rings. The molecule has 0 aliphatic carbocycles. The fraction of sp³-hybridized carbons (Fsp3) is 0.412. The van der Waals surface area contributed by atoms with E-state index >= 15 is 0 Å². The van der Waals surface area contributed by atoms with E-state index in [0.717, 1.165) is 29.5 Å². The first kappa shape index (κ1) is 16.6. The fourth-order valence-electron chi connectivity index (χ4n) is 2.99. The number of nitrogens with zero attached hydrogens (tertiary/aromatic N) is 4. The van der Waals surface area contributed by atoms with Crippen LogP contribution in [0.3, 0.4) is 0 Å². The molecule has 2 amide bonds. The van der Waals surface area contributed by atoms with E-state index in [4.69, 9.17) is 11.6 Å². The fourth-order valence-corrected chi connectivity index (χ4v) is 3.16. The molecule has 0 radical (unpaired) electrons. The van der Waals surface area contributed by atoms with Crippen molar-refractivity contribution in [3.05, 3.63) is 40.5 Å². The van der Waals surface area contributed by atoms with Gasteiger partial charge in [0.15, 0.2) is 0 Å². The number of aromatic nitrogens is 2. The maximum atomic E-state index is 12.4. The number of hydrogen-bond donors (Lipinski definition) is 1. The molecule has 24 heavy (non-hydrogen) atoms. The highest BCUT2D eigenvalue weighted by molar-refractivity contribution is 6.30. The Morgan fingerprint density at radius 2 is 1.88 bits per heavy atom. The minimum Gasteiger partial charge on any atom is -0.368 e. The maximum absolute atomic E-state index is 12.4. The predicted molar refractivity (Wildman–Crippen MR) is 96.9 cm³/mol. The molecule has 1 N–H and O–H groups in total. The highest BCUT2D eigenvalue weighted by Gasteiger charge is 2.23. The van der Waals surface area contributed by atoms with Gasteiger partial charge in [-0.15, -0.1) is 0 Å². The number of piperazine rings is 1. The van der Waals surface area contributed by atoms with Crippen LogP contribution in [0.25, 0.3) is 0 Å². The number of aryl methyl sites for hydroxylation is 3. The Hall–Kier alpha value is -2.21. The predicted octanol–water partition coefficient (Wildman–Crippen LogP) is 3.04. The Bertz CT molecular complexity index is 749. The first-order valence-corrected chi connectivity index (χ1v) is 8.39. The lowest BCUT2D eigenvalue weighted by Gasteiger charge is -2.36. The summed E-state index contributed by atoms with van der Waals surface area (Å²) in [4.78, 5) is 16.5. The quantitative estimate of drug-likeness (QED) is 0.908. The van der Waals surface area contributed by atoms with E-state index in [1.165, 1.54) is 5.56 Å². The molecule has 0 bridgehead atoms. The topological polar surface area (TPSA) is 53.4 Å². The largest absolute Gasteiger partial charge is 0.368 e. The molecular formula is C17H22ClN5O. The Morgan fingerprint density at radius 3 is 2.50 bits per heavy atom. The average Bonchev–Trinajstić information content (AvgIpc) is 2.87. The number of amides is 2. The minimum atomic E-state index is -0.0829. The van der Waals surface area contributed by atoms with Crippen LogP contribution in [0.15, 0.2) is 24.3 Å².